The zero-order valence-corrected chi connectivity index (χ0v) is 20.0. The molecular formula is C20H25IN4O3S. The number of aliphatic imine (C=N–C) groups is 1. The van der Waals surface area contributed by atoms with Gasteiger partial charge in [0.15, 0.2) is 5.96 Å². The maximum Gasteiger partial charge on any atom is 0.236 e. The predicted octanol–water partition coefficient (Wildman–Crippen LogP) is 4.25. The van der Waals surface area contributed by atoms with E-state index < -0.39 is 0 Å². The number of rotatable bonds is 7. The van der Waals surface area contributed by atoms with Crippen molar-refractivity contribution >= 4 is 41.3 Å². The molecule has 0 aliphatic carbocycles. The normalized spacial score (nSPS) is 11.0. The molecule has 7 nitrogen and oxygen atoms in total. The Morgan fingerprint density at radius 3 is 2.76 bits per heavy atom. The third-order valence-electron chi connectivity index (χ3n) is 4.19. The molecule has 0 amide bonds. The summed E-state index contributed by atoms with van der Waals surface area (Å²) >= 11 is 1.60. The van der Waals surface area contributed by atoms with Gasteiger partial charge in [0.05, 0.1) is 31.3 Å². The monoisotopic (exact) mass is 528 g/mol. The van der Waals surface area contributed by atoms with Gasteiger partial charge in [-0.2, -0.15) is 0 Å². The highest BCUT2D eigenvalue weighted by molar-refractivity contribution is 14.0. The summed E-state index contributed by atoms with van der Waals surface area (Å²) in [6.45, 7) is 1.15. The number of oxazole rings is 1. The second-order valence-corrected chi connectivity index (χ2v) is 7.00. The second-order valence-electron chi connectivity index (χ2n) is 6.06. The summed E-state index contributed by atoms with van der Waals surface area (Å²) in [6.07, 6.45) is 1.67. The number of benzene rings is 1. The van der Waals surface area contributed by atoms with Crippen molar-refractivity contribution in [2.75, 3.05) is 28.3 Å². The maximum atomic E-state index is 5.56. The van der Waals surface area contributed by atoms with E-state index in [4.69, 9.17) is 13.9 Å². The van der Waals surface area contributed by atoms with Crippen molar-refractivity contribution in [3.63, 3.8) is 0 Å². The van der Waals surface area contributed by atoms with E-state index in [1.165, 1.54) is 0 Å². The summed E-state index contributed by atoms with van der Waals surface area (Å²) in [4.78, 5) is 11.9. The number of halogens is 1. The highest BCUT2D eigenvalue weighted by atomic mass is 127. The molecule has 2 heterocycles. The van der Waals surface area contributed by atoms with Gasteiger partial charge in [-0.05, 0) is 23.6 Å². The number of guanidine groups is 1. The predicted molar refractivity (Wildman–Crippen MR) is 126 cm³/mol. The van der Waals surface area contributed by atoms with Gasteiger partial charge in [-0.1, -0.05) is 6.07 Å². The zero-order chi connectivity index (χ0) is 19.9. The average molecular weight is 528 g/mol. The van der Waals surface area contributed by atoms with Crippen molar-refractivity contribution in [3.05, 3.63) is 53.2 Å². The van der Waals surface area contributed by atoms with Crippen LogP contribution in [-0.2, 0) is 13.1 Å². The van der Waals surface area contributed by atoms with Gasteiger partial charge in [0.1, 0.15) is 17.8 Å². The maximum absolute atomic E-state index is 5.56. The molecule has 29 heavy (non-hydrogen) atoms. The van der Waals surface area contributed by atoms with Crippen molar-refractivity contribution in [1.29, 1.82) is 0 Å². The molecule has 0 saturated carbocycles. The van der Waals surface area contributed by atoms with Crippen molar-refractivity contribution in [2.45, 2.75) is 13.1 Å². The van der Waals surface area contributed by atoms with Crippen molar-refractivity contribution < 1.29 is 13.9 Å². The van der Waals surface area contributed by atoms with Crippen LogP contribution in [0.4, 0.5) is 0 Å². The molecule has 0 unspecified atom stereocenters. The molecule has 0 saturated heterocycles. The molecule has 0 atom stereocenters. The fourth-order valence-corrected chi connectivity index (χ4v) is 3.42. The van der Waals surface area contributed by atoms with Gasteiger partial charge in [-0.25, -0.2) is 4.98 Å². The van der Waals surface area contributed by atoms with Gasteiger partial charge < -0.3 is 24.1 Å². The van der Waals surface area contributed by atoms with Crippen molar-refractivity contribution in [1.82, 2.24) is 15.2 Å². The summed E-state index contributed by atoms with van der Waals surface area (Å²) in [5.74, 6) is 2.92. The number of ether oxygens (including phenoxy) is 2. The van der Waals surface area contributed by atoms with E-state index in [0.717, 1.165) is 33.6 Å². The molecule has 0 fully saturated rings. The molecule has 0 radical (unpaired) electrons. The number of thiophene rings is 1. The third-order valence-corrected chi connectivity index (χ3v) is 5.04. The largest absolute Gasteiger partial charge is 0.497 e. The number of aromatic nitrogens is 1. The average Bonchev–Trinajstić information content (AvgIpc) is 3.40. The third kappa shape index (κ3) is 5.86. The molecule has 2 aromatic heterocycles. The van der Waals surface area contributed by atoms with Crippen LogP contribution in [0.1, 0.15) is 11.3 Å². The van der Waals surface area contributed by atoms with E-state index in [1.54, 1.807) is 38.9 Å². The second kappa shape index (κ2) is 11.1. The van der Waals surface area contributed by atoms with Crippen LogP contribution in [0.2, 0.25) is 0 Å². The lowest BCUT2D eigenvalue weighted by atomic mass is 10.2. The number of hydrogen-bond donors (Lipinski definition) is 1. The van der Waals surface area contributed by atoms with Gasteiger partial charge in [0.2, 0.25) is 5.89 Å². The number of hydrogen-bond acceptors (Lipinski definition) is 6. The van der Waals surface area contributed by atoms with Gasteiger partial charge in [-0.3, -0.25) is 4.99 Å². The summed E-state index contributed by atoms with van der Waals surface area (Å²) < 4.78 is 16.3. The van der Waals surface area contributed by atoms with E-state index in [-0.39, 0.29) is 24.0 Å². The fourth-order valence-electron chi connectivity index (χ4n) is 2.77. The lowest BCUT2D eigenvalue weighted by Gasteiger charge is -2.23. The first-order valence-corrected chi connectivity index (χ1v) is 9.63. The SMILES string of the molecule is CN=C(NCc1coc(-c2cccs2)n1)N(C)Cc1ccc(OC)cc1OC.I. The molecule has 3 aromatic rings. The Balaban J connectivity index is 0.00000300. The Bertz CT molecular complexity index is 928. The van der Waals surface area contributed by atoms with Gasteiger partial charge in [-0.15, -0.1) is 35.3 Å². The minimum Gasteiger partial charge on any atom is -0.497 e. The van der Waals surface area contributed by atoms with Crippen LogP contribution < -0.4 is 14.8 Å². The first kappa shape index (κ1) is 23.0. The van der Waals surface area contributed by atoms with Gasteiger partial charge in [0.25, 0.3) is 0 Å². The van der Waals surface area contributed by atoms with Crippen LogP contribution in [0, 0.1) is 0 Å². The molecule has 9 heteroatoms. The minimum absolute atomic E-state index is 0. The Kier molecular flexibility index (Phi) is 8.77. The Morgan fingerprint density at radius 1 is 1.28 bits per heavy atom. The summed E-state index contributed by atoms with van der Waals surface area (Å²) in [7, 11) is 7.02. The standard InChI is InChI=1S/C20H24N4O3S.HI/c1-21-20(22-11-15-13-27-19(23-15)18-6-5-9-28-18)24(2)12-14-7-8-16(25-3)10-17(14)26-4;/h5-10,13H,11-12H2,1-4H3,(H,21,22);1H. The Morgan fingerprint density at radius 2 is 2.10 bits per heavy atom. The van der Waals surface area contributed by atoms with E-state index >= 15 is 0 Å². The molecule has 1 aromatic carbocycles. The zero-order valence-electron chi connectivity index (χ0n) is 16.8. The summed E-state index contributed by atoms with van der Waals surface area (Å²) in [6, 6.07) is 9.76. The minimum atomic E-state index is 0. The number of nitrogens with one attached hydrogen (secondary N) is 1. The van der Waals surface area contributed by atoms with Crippen LogP contribution >= 0.6 is 35.3 Å². The highest BCUT2D eigenvalue weighted by Crippen LogP contribution is 2.26. The van der Waals surface area contributed by atoms with Gasteiger partial charge in [0, 0.05) is 32.3 Å². The molecular weight excluding hydrogens is 503 g/mol. The quantitative estimate of drug-likeness (QED) is 0.281. The Labute approximate surface area is 191 Å². The van der Waals surface area contributed by atoms with Crippen LogP contribution in [0.3, 0.4) is 0 Å². The fraction of sp³-hybridized carbons (Fsp3) is 0.300. The number of nitrogens with zero attached hydrogens (tertiary/aromatic N) is 3. The van der Waals surface area contributed by atoms with Crippen LogP contribution in [0.25, 0.3) is 10.8 Å². The number of methoxy groups -OCH3 is 2. The smallest absolute Gasteiger partial charge is 0.236 e. The van der Waals surface area contributed by atoms with E-state index in [1.807, 2.05) is 47.7 Å². The highest BCUT2D eigenvalue weighted by Gasteiger charge is 2.13. The first-order chi connectivity index (χ1) is 13.6. The lowest BCUT2D eigenvalue weighted by molar-refractivity contribution is 0.382. The van der Waals surface area contributed by atoms with Crippen LogP contribution in [-0.4, -0.2) is 44.2 Å². The first-order valence-electron chi connectivity index (χ1n) is 8.75. The molecule has 0 aliphatic heterocycles. The van der Waals surface area contributed by atoms with E-state index in [2.05, 4.69) is 15.3 Å². The van der Waals surface area contributed by atoms with Crippen molar-refractivity contribution in [2.24, 2.45) is 4.99 Å². The molecule has 156 valence electrons. The van der Waals surface area contributed by atoms with Crippen molar-refractivity contribution in [3.8, 4) is 22.3 Å². The van der Waals surface area contributed by atoms with E-state index in [0.29, 0.717) is 19.0 Å². The van der Waals surface area contributed by atoms with Crippen LogP contribution in [0.15, 0.2) is 51.4 Å². The molecule has 1 N–H and O–H groups in total. The summed E-state index contributed by atoms with van der Waals surface area (Å²) in [5.41, 5.74) is 1.86. The van der Waals surface area contributed by atoms with Gasteiger partial charge >= 0.3 is 0 Å². The lowest BCUT2D eigenvalue weighted by Crippen LogP contribution is -2.38. The molecule has 3 rings (SSSR count). The Hall–Kier alpha value is -2.27. The molecule has 0 bridgehead atoms. The molecule has 0 aliphatic rings. The molecule has 0 spiro atoms. The topological polar surface area (TPSA) is 72.1 Å². The summed E-state index contributed by atoms with van der Waals surface area (Å²) in [5, 5.41) is 5.32. The van der Waals surface area contributed by atoms with E-state index in [9.17, 15) is 0 Å². The van der Waals surface area contributed by atoms with Crippen LogP contribution in [0.5, 0.6) is 11.5 Å².